The van der Waals surface area contributed by atoms with Crippen molar-refractivity contribution in [1.82, 2.24) is 9.55 Å². The van der Waals surface area contributed by atoms with E-state index in [0.717, 1.165) is 41.4 Å². The van der Waals surface area contributed by atoms with E-state index >= 15 is 0 Å². The van der Waals surface area contributed by atoms with Gasteiger partial charge in [-0.2, -0.15) is 4.98 Å². The normalized spacial score (nSPS) is 11.9. The maximum atomic E-state index is 13.0. The van der Waals surface area contributed by atoms with Gasteiger partial charge in [0.25, 0.3) is 0 Å². The van der Waals surface area contributed by atoms with Crippen LogP contribution in [0.4, 0.5) is 5.82 Å². The number of aryl methyl sites for hydroxylation is 1. The zero-order valence-corrected chi connectivity index (χ0v) is 19.1. The highest BCUT2D eigenvalue weighted by atomic mass is 35.5. The minimum absolute atomic E-state index is 0.347. The Balaban J connectivity index is 1.98. The predicted molar refractivity (Wildman–Crippen MR) is 133 cm³/mol. The lowest BCUT2D eigenvalue weighted by molar-refractivity contribution is 0.825. The summed E-state index contributed by atoms with van der Waals surface area (Å²) in [5.74, 6) is 0.620. The van der Waals surface area contributed by atoms with Crippen LogP contribution < -0.4 is 10.6 Å². The van der Waals surface area contributed by atoms with Gasteiger partial charge in [-0.25, -0.2) is 4.79 Å². The molecule has 0 N–H and O–H groups in total. The Morgan fingerprint density at radius 2 is 1.94 bits per heavy atom. The fraction of sp³-hybridized carbons (Fsp3) is 0.231. The molecule has 0 radical (unpaired) electrons. The second-order valence-corrected chi connectivity index (χ2v) is 8.11. The molecule has 5 heteroatoms. The number of rotatable bonds is 8. The first kappa shape index (κ1) is 22.6. The average molecular weight is 434 g/mol. The van der Waals surface area contributed by atoms with Crippen molar-refractivity contribution in [3.63, 3.8) is 0 Å². The van der Waals surface area contributed by atoms with Crippen LogP contribution in [0.3, 0.4) is 0 Å². The van der Waals surface area contributed by atoms with Crippen molar-refractivity contribution in [3.05, 3.63) is 100.0 Å². The maximum Gasteiger partial charge on any atom is 0.354 e. The van der Waals surface area contributed by atoms with Gasteiger partial charge in [-0.15, -0.1) is 0 Å². The molecule has 0 aliphatic carbocycles. The summed E-state index contributed by atoms with van der Waals surface area (Å²) in [5.41, 5.74) is 3.37. The summed E-state index contributed by atoms with van der Waals surface area (Å²) in [4.78, 5) is 19.2. The smallest absolute Gasteiger partial charge is 0.354 e. The van der Waals surface area contributed by atoms with Crippen LogP contribution in [0.25, 0.3) is 16.6 Å². The van der Waals surface area contributed by atoms with Gasteiger partial charge in [-0.3, -0.25) is 4.57 Å². The molecule has 0 saturated heterocycles. The van der Waals surface area contributed by atoms with Crippen molar-refractivity contribution < 1.29 is 0 Å². The number of hydrogen-bond donors (Lipinski definition) is 0. The predicted octanol–water partition coefficient (Wildman–Crippen LogP) is 6.11. The number of benzene rings is 2. The molecule has 0 atom stereocenters. The summed E-state index contributed by atoms with van der Waals surface area (Å²) in [6, 6.07) is 15.9. The largest absolute Gasteiger partial charge is 0.362 e. The first-order valence-electron chi connectivity index (χ1n) is 10.4. The zero-order chi connectivity index (χ0) is 22.4. The van der Waals surface area contributed by atoms with E-state index in [0.29, 0.717) is 10.8 Å². The van der Waals surface area contributed by atoms with Gasteiger partial charge < -0.3 is 4.90 Å². The van der Waals surface area contributed by atoms with Crippen LogP contribution in [0, 0.1) is 0 Å². The fourth-order valence-corrected chi connectivity index (χ4v) is 3.74. The molecule has 0 bridgehead atoms. The summed E-state index contributed by atoms with van der Waals surface area (Å²) >= 11 is 6.28. The van der Waals surface area contributed by atoms with Crippen LogP contribution in [-0.2, 0) is 6.42 Å². The molecule has 0 aliphatic heterocycles. The van der Waals surface area contributed by atoms with Crippen LogP contribution in [-0.4, -0.2) is 23.6 Å². The zero-order valence-electron chi connectivity index (χ0n) is 18.3. The molecule has 1 heterocycles. The van der Waals surface area contributed by atoms with Crippen molar-refractivity contribution in [2.45, 2.75) is 26.2 Å². The molecule has 0 unspecified atom stereocenters. The van der Waals surface area contributed by atoms with Gasteiger partial charge in [-0.1, -0.05) is 60.2 Å². The Labute approximate surface area is 188 Å². The van der Waals surface area contributed by atoms with Crippen LogP contribution in [0.2, 0.25) is 5.02 Å². The second kappa shape index (κ2) is 10.3. The van der Waals surface area contributed by atoms with Crippen LogP contribution in [0.15, 0.2) is 83.7 Å². The summed E-state index contributed by atoms with van der Waals surface area (Å²) in [7, 11) is 3.74. The Morgan fingerprint density at radius 3 is 2.61 bits per heavy atom. The SMILES string of the molecule is C=C(/C=C(\C=C/C)n1c(=O)nc(N(C)C)c2ccc(Cl)cc21)CCCc1ccccc1. The Morgan fingerprint density at radius 1 is 1.19 bits per heavy atom. The molecule has 0 spiro atoms. The van der Waals surface area contributed by atoms with Gasteiger partial charge >= 0.3 is 5.69 Å². The lowest BCUT2D eigenvalue weighted by atomic mass is 10.0. The number of anilines is 1. The van der Waals surface area contributed by atoms with Crippen molar-refractivity contribution in [1.29, 1.82) is 0 Å². The van der Waals surface area contributed by atoms with Gasteiger partial charge in [0, 0.05) is 24.5 Å². The average Bonchev–Trinajstić information content (AvgIpc) is 2.73. The van der Waals surface area contributed by atoms with E-state index < -0.39 is 0 Å². The quantitative estimate of drug-likeness (QED) is 0.402. The van der Waals surface area contributed by atoms with Gasteiger partial charge in [0.15, 0.2) is 0 Å². The number of halogens is 1. The first-order valence-corrected chi connectivity index (χ1v) is 10.7. The highest BCUT2D eigenvalue weighted by Crippen LogP contribution is 2.27. The molecular formula is C26H28ClN3O. The second-order valence-electron chi connectivity index (χ2n) is 7.68. The third-order valence-corrected chi connectivity index (χ3v) is 5.25. The Bertz CT molecular complexity index is 1190. The van der Waals surface area contributed by atoms with Crippen molar-refractivity contribution in [3.8, 4) is 0 Å². The van der Waals surface area contributed by atoms with Gasteiger partial charge in [0.1, 0.15) is 5.82 Å². The maximum absolute atomic E-state index is 13.0. The van der Waals surface area contributed by atoms with Crippen LogP contribution >= 0.6 is 11.6 Å². The lowest BCUT2D eigenvalue weighted by Gasteiger charge is -2.18. The topological polar surface area (TPSA) is 38.1 Å². The minimum Gasteiger partial charge on any atom is -0.362 e. The lowest BCUT2D eigenvalue weighted by Crippen LogP contribution is -2.26. The first-order chi connectivity index (χ1) is 14.9. The summed E-state index contributed by atoms with van der Waals surface area (Å²) in [6.07, 6.45) is 8.59. The third kappa shape index (κ3) is 5.53. The molecule has 0 aliphatic rings. The Hall–Kier alpha value is -3.11. The minimum atomic E-state index is -0.347. The number of aromatic nitrogens is 2. The molecule has 0 fully saturated rings. The van der Waals surface area contributed by atoms with Crippen LogP contribution in [0.5, 0.6) is 0 Å². The summed E-state index contributed by atoms with van der Waals surface area (Å²) in [5, 5.41) is 1.43. The Kier molecular flexibility index (Phi) is 7.48. The molecule has 2 aromatic carbocycles. The van der Waals surface area contributed by atoms with Gasteiger partial charge in [0.2, 0.25) is 0 Å². The molecule has 0 saturated carbocycles. The van der Waals surface area contributed by atoms with Crippen molar-refractivity contribution >= 4 is 34.0 Å². The van der Waals surface area contributed by atoms with Gasteiger partial charge in [-0.05, 0) is 62.1 Å². The monoisotopic (exact) mass is 433 g/mol. The summed E-state index contributed by atoms with van der Waals surface area (Å²) in [6.45, 7) is 6.15. The van der Waals surface area contributed by atoms with Crippen LogP contribution in [0.1, 0.15) is 25.3 Å². The van der Waals surface area contributed by atoms with Gasteiger partial charge in [0.05, 0.1) is 11.2 Å². The number of hydrogen-bond acceptors (Lipinski definition) is 3. The highest BCUT2D eigenvalue weighted by molar-refractivity contribution is 6.31. The molecule has 4 nitrogen and oxygen atoms in total. The molecule has 160 valence electrons. The summed E-state index contributed by atoms with van der Waals surface area (Å²) < 4.78 is 1.61. The molecule has 3 rings (SSSR count). The highest BCUT2D eigenvalue weighted by Gasteiger charge is 2.14. The standard InChI is InChI=1S/C26H28ClN3O/c1-5-10-22(17-19(2)11-9-14-20-12-7-6-8-13-20)30-24-18-21(27)15-16-23(24)25(29(3)4)28-26(30)31/h5-8,10,12-13,15-18H,2,9,11,14H2,1,3-4H3/b10-5-,22-17+. The van der Waals surface area contributed by atoms with E-state index in [1.807, 2.05) is 68.4 Å². The number of fused-ring (bicyclic) bond motifs is 1. The molecule has 0 amide bonds. The van der Waals surface area contributed by atoms with E-state index in [1.165, 1.54) is 5.56 Å². The molecule has 3 aromatic rings. The van der Waals surface area contributed by atoms with E-state index in [9.17, 15) is 4.79 Å². The fourth-order valence-electron chi connectivity index (χ4n) is 3.58. The van der Waals surface area contributed by atoms with Crippen molar-refractivity contribution in [2.75, 3.05) is 19.0 Å². The third-order valence-electron chi connectivity index (χ3n) is 5.01. The van der Waals surface area contributed by atoms with E-state index in [4.69, 9.17) is 11.6 Å². The van der Waals surface area contributed by atoms with E-state index in [2.05, 4.69) is 35.8 Å². The number of nitrogens with zero attached hydrogens (tertiary/aromatic N) is 3. The molecule has 1 aromatic heterocycles. The van der Waals surface area contributed by atoms with E-state index in [-0.39, 0.29) is 5.69 Å². The molecular weight excluding hydrogens is 406 g/mol. The van der Waals surface area contributed by atoms with E-state index in [1.54, 1.807) is 4.57 Å². The molecule has 31 heavy (non-hydrogen) atoms. The van der Waals surface area contributed by atoms with Crippen molar-refractivity contribution in [2.24, 2.45) is 0 Å². The number of allylic oxidation sites excluding steroid dienone is 5.